The molecule has 4 heterocycles. The van der Waals surface area contributed by atoms with E-state index in [2.05, 4.69) is 16.1 Å². The van der Waals surface area contributed by atoms with Crippen LogP contribution in [0.25, 0.3) is 5.78 Å². The van der Waals surface area contributed by atoms with E-state index in [1.807, 2.05) is 42.3 Å². The van der Waals surface area contributed by atoms with Crippen molar-refractivity contribution in [3.8, 4) is 0 Å². The maximum Gasteiger partial charge on any atom is 0.244 e. The summed E-state index contributed by atoms with van der Waals surface area (Å²) in [5, 5.41) is 4.43. The van der Waals surface area contributed by atoms with Gasteiger partial charge in [-0.05, 0) is 52.2 Å². The van der Waals surface area contributed by atoms with Gasteiger partial charge in [-0.2, -0.15) is 5.10 Å². The monoisotopic (exact) mass is 352 g/mol. The maximum atomic E-state index is 13.0. The van der Waals surface area contributed by atoms with Crippen LogP contribution in [0.15, 0.2) is 24.5 Å². The Kier molecular flexibility index (Phi) is 4.22. The van der Waals surface area contributed by atoms with Crippen LogP contribution < -0.4 is 0 Å². The minimum Gasteiger partial charge on any atom is -0.332 e. The summed E-state index contributed by atoms with van der Waals surface area (Å²) in [4.78, 5) is 24.0. The second-order valence-corrected chi connectivity index (χ2v) is 7.10. The average molecular weight is 352 g/mol. The van der Waals surface area contributed by atoms with Crippen molar-refractivity contribution in [1.82, 2.24) is 29.0 Å². The van der Waals surface area contributed by atoms with Crippen LogP contribution in [0.3, 0.4) is 0 Å². The summed E-state index contributed by atoms with van der Waals surface area (Å²) in [6.45, 7) is 7.02. The van der Waals surface area contributed by atoms with Crippen LogP contribution >= 0.6 is 0 Å². The molecule has 0 aliphatic carbocycles. The molecule has 1 aliphatic heterocycles. The summed E-state index contributed by atoms with van der Waals surface area (Å²) in [6.07, 6.45) is 6.74. The van der Waals surface area contributed by atoms with Gasteiger partial charge in [0.2, 0.25) is 11.7 Å². The van der Waals surface area contributed by atoms with Gasteiger partial charge in [-0.1, -0.05) is 0 Å². The molecule has 26 heavy (non-hydrogen) atoms. The van der Waals surface area contributed by atoms with Crippen molar-refractivity contribution >= 4 is 11.7 Å². The Morgan fingerprint density at radius 2 is 2.04 bits per heavy atom. The number of imidazole rings is 1. The van der Waals surface area contributed by atoms with Crippen LogP contribution in [0, 0.1) is 20.8 Å². The topological polar surface area (TPSA) is 68.3 Å². The highest BCUT2D eigenvalue weighted by Crippen LogP contribution is 2.30. The average Bonchev–Trinajstić information content (AvgIpc) is 3.21. The van der Waals surface area contributed by atoms with Crippen LogP contribution in [0.4, 0.5) is 0 Å². The number of carbonyl (C=O) groups is 1. The highest BCUT2D eigenvalue weighted by molar-refractivity contribution is 5.76. The van der Waals surface area contributed by atoms with Gasteiger partial charge in [0.15, 0.2) is 0 Å². The summed E-state index contributed by atoms with van der Waals surface area (Å²) >= 11 is 0. The molecular weight excluding hydrogens is 328 g/mol. The van der Waals surface area contributed by atoms with Gasteiger partial charge in [0.1, 0.15) is 6.54 Å². The van der Waals surface area contributed by atoms with Crippen molar-refractivity contribution in [1.29, 1.82) is 0 Å². The molecule has 1 atom stereocenters. The number of amides is 1. The Morgan fingerprint density at radius 3 is 2.81 bits per heavy atom. The van der Waals surface area contributed by atoms with Gasteiger partial charge in [-0.25, -0.2) is 9.97 Å². The Labute approximate surface area is 152 Å². The summed E-state index contributed by atoms with van der Waals surface area (Å²) in [5.74, 6) is 0.792. The van der Waals surface area contributed by atoms with E-state index in [-0.39, 0.29) is 18.5 Å². The van der Waals surface area contributed by atoms with Crippen LogP contribution in [-0.4, -0.2) is 41.5 Å². The van der Waals surface area contributed by atoms with Gasteiger partial charge >= 0.3 is 0 Å². The molecular formula is C19H24N6O. The van der Waals surface area contributed by atoms with E-state index in [9.17, 15) is 4.79 Å². The summed E-state index contributed by atoms with van der Waals surface area (Å²) in [5.41, 5.74) is 3.96. The fourth-order valence-corrected chi connectivity index (χ4v) is 3.85. The fraction of sp³-hybridized carbons (Fsp3) is 0.474. The molecule has 0 saturated carbocycles. The first-order valence-electron chi connectivity index (χ1n) is 9.14. The molecule has 0 spiro atoms. The predicted molar refractivity (Wildman–Crippen MR) is 97.7 cm³/mol. The van der Waals surface area contributed by atoms with Gasteiger partial charge < -0.3 is 4.90 Å². The third-order valence-electron chi connectivity index (χ3n) is 5.14. The number of hydrogen-bond acceptors (Lipinski definition) is 4. The van der Waals surface area contributed by atoms with Crippen LogP contribution in [0.2, 0.25) is 0 Å². The van der Waals surface area contributed by atoms with E-state index < -0.39 is 0 Å². The number of aromatic nitrogens is 5. The lowest BCUT2D eigenvalue weighted by molar-refractivity contribution is -0.136. The molecule has 0 N–H and O–H groups in total. The van der Waals surface area contributed by atoms with E-state index in [1.54, 1.807) is 10.9 Å². The highest BCUT2D eigenvalue weighted by Gasteiger charge is 2.30. The minimum atomic E-state index is 0.00798. The zero-order valence-electron chi connectivity index (χ0n) is 15.5. The SMILES string of the molecule is Cc1cc(C)n(CC(=O)N2CCCC[C@@H]2c2cc(C)n3ccnc3n2)n1. The summed E-state index contributed by atoms with van der Waals surface area (Å²) < 4.78 is 3.76. The molecule has 3 aromatic heterocycles. The standard InChI is InChI=1S/C19H24N6O/c1-13-10-15(3)25(22-13)12-18(26)24-8-5-4-6-17(24)16-11-14(2)23-9-7-20-19(23)21-16/h7,9-11,17H,4-6,8,12H2,1-3H3/t17-/m1/s1. The fourth-order valence-electron chi connectivity index (χ4n) is 3.85. The molecule has 0 radical (unpaired) electrons. The number of fused-ring (bicyclic) bond motifs is 1. The first kappa shape index (κ1) is 16.8. The molecule has 0 aromatic carbocycles. The van der Waals surface area contributed by atoms with Gasteiger partial charge in [-0.15, -0.1) is 0 Å². The molecule has 3 aromatic rings. The highest BCUT2D eigenvalue weighted by atomic mass is 16.2. The van der Waals surface area contributed by atoms with Gasteiger partial charge in [0, 0.05) is 30.3 Å². The van der Waals surface area contributed by atoms with Crippen molar-refractivity contribution < 1.29 is 4.79 Å². The van der Waals surface area contributed by atoms with Crippen molar-refractivity contribution in [3.05, 3.63) is 47.3 Å². The third-order valence-corrected chi connectivity index (χ3v) is 5.14. The number of aryl methyl sites for hydroxylation is 3. The number of nitrogens with zero attached hydrogens (tertiary/aromatic N) is 6. The lowest BCUT2D eigenvalue weighted by Gasteiger charge is -2.35. The first-order chi connectivity index (χ1) is 12.5. The molecule has 1 aliphatic rings. The normalized spacial score (nSPS) is 17.8. The molecule has 4 rings (SSSR count). The maximum absolute atomic E-state index is 13.0. The van der Waals surface area contributed by atoms with Crippen LogP contribution in [-0.2, 0) is 11.3 Å². The number of rotatable bonds is 3. The molecule has 1 amide bonds. The Balaban J connectivity index is 1.63. The quantitative estimate of drug-likeness (QED) is 0.727. The third kappa shape index (κ3) is 2.98. The molecule has 0 unspecified atom stereocenters. The van der Waals surface area contributed by atoms with Crippen molar-refractivity contribution in [3.63, 3.8) is 0 Å². The van der Waals surface area contributed by atoms with E-state index >= 15 is 0 Å². The second-order valence-electron chi connectivity index (χ2n) is 7.10. The predicted octanol–water partition coefficient (Wildman–Crippen LogP) is 2.60. The van der Waals surface area contributed by atoms with Crippen molar-refractivity contribution in [2.24, 2.45) is 0 Å². The number of carbonyl (C=O) groups excluding carboxylic acids is 1. The van der Waals surface area contributed by atoms with E-state index in [1.165, 1.54) is 0 Å². The molecule has 1 fully saturated rings. The zero-order chi connectivity index (χ0) is 18.3. The smallest absolute Gasteiger partial charge is 0.244 e. The number of piperidine rings is 1. The van der Waals surface area contributed by atoms with Gasteiger partial charge in [0.05, 0.1) is 17.4 Å². The first-order valence-corrected chi connectivity index (χ1v) is 9.14. The molecule has 7 heteroatoms. The van der Waals surface area contributed by atoms with Crippen LogP contribution in [0.1, 0.15) is 48.1 Å². The summed E-state index contributed by atoms with van der Waals surface area (Å²) in [7, 11) is 0. The zero-order valence-corrected chi connectivity index (χ0v) is 15.5. The Bertz CT molecular complexity index is 956. The van der Waals surface area contributed by atoms with E-state index in [0.29, 0.717) is 5.78 Å². The molecule has 136 valence electrons. The van der Waals surface area contributed by atoms with Crippen LogP contribution in [0.5, 0.6) is 0 Å². The van der Waals surface area contributed by atoms with Crippen molar-refractivity contribution in [2.45, 2.75) is 52.6 Å². The molecule has 7 nitrogen and oxygen atoms in total. The van der Waals surface area contributed by atoms with Gasteiger partial charge in [-0.3, -0.25) is 13.9 Å². The minimum absolute atomic E-state index is 0.00798. The Morgan fingerprint density at radius 1 is 1.19 bits per heavy atom. The van der Waals surface area contributed by atoms with E-state index in [4.69, 9.17) is 4.98 Å². The molecule has 0 bridgehead atoms. The Hall–Kier alpha value is -2.70. The number of likely N-dealkylation sites (tertiary alicyclic amines) is 1. The molecule has 1 saturated heterocycles. The summed E-state index contributed by atoms with van der Waals surface area (Å²) in [6, 6.07) is 4.08. The van der Waals surface area contributed by atoms with Gasteiger partial charge in [0.25, 0.3) is 0 Å². The van der Waals surface area contributed by atoms with E-state index in [0.717, 1.165) is 48.6 Å². The lowest BCUT2D eigenvalue weighted by atomic mass is 9.98. The second kappa shape index (κ2) is 6.55. The number of hydrogen-bond donors (Lipinski definition) is 0. The van der Waals surface area contributed by atoms with Crippen molar-refractivity contribution in [2.75, 3.05) is 6.54 Å². The lowest BCUT2D eigenvalue weighted by Crippen LogP contribution is -2.41. The largest absolute Gasteiger partial charge is 0.332 e.